The Morgan fingerprint density at radius 1 is 1.15 bits per heavy atom. The molecule has 208 valence electrons. The lowest BCUT2D eigenvalue weighted by atomic mass is 10.0. The maximum atomic E-state index is 14.5. The zero-order chi connectivity index (χ0) is 27.6. The zero-order valence-corrected chi connectivity index (χ0v) is 24.4. The number of sulfone groups is 1. The zero-order valence-electron chi connectivity index (χ0n) is 22.8. The van der Waals surface area contributed by atoms with E-state index in [1.165, 1.54) is 47.4 Å². The maximum absolute atomic E-state index is 14.5. The quantitative estimate of drug-likeness (QED) is 0.319. The van der Waals surface area contributed by atoms with Crippen molar-refractivity contribution in [3.8, 4) is 17.6 Å². The molecule has 1 saturated heterocycles. The molecule has 9 heteroatoms. The molecule has 6 nitrogen and oxygen atoms in total. The lowest BCUT2D eigenvalue weighted by Gasteiger charge is -2.32. The molecule has 0 unspecified atom stereocenters. The lowest BCUT2D eigenvalue weighted by molar-refractivity contribution is 0.229. The van der Waals surface area contributed by atoms with Crippen LogP contribution in [0, 0.1) is 23.6 Å². The Balaban J connectivity index is 1.37. The molecule has 2 N–H and O–H groups in total. The van der Waals surface area contributed by atoms with Crippen LogP contribution in [0.4, 0.5) is 15.8 Å². The largest absolute Gasteiger partial charge is 0.495 e. The summed E-state index contributed by atoms with van der Waals surface area (Å²) in [7, 11) is -2.27. The van der Waals surface area contributed by atoms with Crippen molar-refractivity contribution in [1.29, 1.82) is 0 Å². The predicted molar refractivity (Wildman–Crippen MR) is 158 cm³/mol. The standard InChI is InChI=1S/C30H36FN3O3S2/c1-4-34-15-12-21(13-16-34)33-25-8-5-7-22-23(17-20-10-11-20)28(38-30(22)25)9-6-14-32-26-18-24(31)29(39(3,35)36)19-27(26)37-2/h5,7-8,18-21,32-33H,4,10-17H2,1-3H3. The predicted octanol–water partition coefficient (Wildman–Crippen LogP) is 5.76. The fourth-order valence-corrected chi connectivity index (χ4v) is 7.12. The molecule has 2 aliphatic rings. The number of hydrogen-bond acceptors (Lipinski definition) is 7. The number of fused-ring (bicyclic) bond motifs is 1. The number of benzene rings is 2. The summed E-state index contributed by atoms with van der Waals surface area (Å²) < 4.78 is 44.7. The van der Waals surface area contributed by atoms with E-state index in [1.54, 1.807) is 11.3 Å². The first-order valence-corrected chi connectivity index (χ1v) is 16.3. The molecule has 2 aromatic carbocycles. The van der Waals surface area contributed by atoms with Crippen molar-refractivity contribution in [2.75, 3.05) is 50.2 Å². The van der Waals surface area contributed by atoms with Gasteiger partial charge >= 0.3 is 0 Å². The number of halogens is 1. The van der Waals surface area contributed by atoms with Gasteiger partial charge in [0.25, 0.3) is 0 Å². The Bertz CT molecular complexity index is 1510. The van der Waals surface area contributed by atoms with Crippen LogP contribution in [-0.4, -0.2) is 58.9 Å². The summed E-state index contributed by atoms with van der Waals surface area (Å²) in [6, 6.07) is 9.39. The lowest BCUT2D eigenvalue weighted by Crippen LogP contribution is -2.38. The molecule has 1 aliphatic heterocycles. The average molecular weight is 570 g/mol. The Morgan fingerprint density at radius 3 is 2.59 bits per heavy atom. The van der Waals surface area contributed by atoms with Gasteiger partial charge < -0.3 is 20.3 Å². The van der Waals surface area contributed by atoms with Crippen LogP contribution >= 0.6 is 11.3 Å². The van der Waals surface area contributed by atoms with E-state index < -0.39 is 15.7 Å². The second-order valence-corrected chi connectivity index (χ2v) is 13.5. The molecule has 0 spiro atoms. The highest BCUT2D eigenvalue weighted by Gasteiger charge is 2.26. The first-order valence-electron chi connectivity index (χ1n) is 13.6. The molecule has 0 bridgehead atoms. The van der Waals surface area contributed by atoms with Crippen LogP contribution < -0.4 is 15.4 Å². The van der Waals surface area contributed by atoms with Crippen LogP contribution in [-0.2, 0) is 16.3 Å². The van der Waals surface area contributed by atoms with Crippen LogP contribution in [0.15, 0.2) is 35.2 Å². The summed E-state index contributed by atoms with van der Waals surface area (Å²) >= 11 is 1.75. The van der Waals surface area contributed by atoms with E-state index in [1.807, 2.05) is 0 Å². The molecule has 1 aliphatic carbocycles. The number of ether oxygens (including phenoxy) is 1. The van der Waals surface area contributed by atoms with Gasteiger partial charge in [0.15, 0.2) is 9.84 Å². The number of nitrogens with zero attached hydrogens (tertiary/aromatic N) is 1. The highest BCUT2D eigenvalue weighted by atomic mass is 32.2. The van der Waals surface area contributed by atoms with E-state index in [2.05, 4.69) is 52.5 Å². The van der Waals surface area contributed by atoms with Crippen LogP contribution in [0.25, 0.3) is 10.1 Å². The SMILES string of the molecule is CCN1CCC(Nc2cccc3c(CC4CC4)c(C#CCNc4cc(F)c(S(C)(=O)=O)cc4OC)sc23)CC1. The van der Waals surface area contributed by atoms with E-state index in [0.29, 0.717) is 11.7 Å². The van der Waals surface area contributed by atoms with E-state index in [-0.39, 0.29) is 17.2 Å². The van der Waals surface area contributed by atoms with Gasteiger partial charge in [0, 0.05) is 37.5 Å². The summed E-state index contributed by atoms with van der Waals surface area (Å²) in [5.41, 5.74) is 2.89. The molecule has 39 heavy (non-hydrogen) atoms. The van der Waals surface area contributed by atoms with Gasteiger partial charge in [-0.15, -0.1) is 11.3 Å². The molecular weight excluding hydrogens is 533 g/mol. The molecule has 0 amide bonds. The minimum Gasteiger partial charge on any atom is -0.495 e. The van der Waals surface area contributed by atoms with Crippen LogP contribution in [0.2, 0.25) is 0 Å². The van der Waals surface area contributed by atoms with Gasteiger partial charge in [-0.2, -0.15) is 0 Å². The molecule has 0 radical (unpaired) electrons. The van der Waals surface area contributed by atoms with E-state index in [9.17, 15) is 12.8 Å². The number of rotatable bonds is 9. The van der Waals surface area contributed by atoms with Gasteiger partial charge in [-0.1, -0.05) is 30.9 Å². The first kappa shape index (κ1) is 27.8. The Labute approximate surface area is 234 Å². The van der Waals surface area contributed by atoms with Crippen molar-refractivity contribution in [3.63, 3.8) is 0 Å². The summed E-state index contributed by atoms with van der Waals surface area (Å²) in [4.78, 5) is 3.20. The smallest absolute Gasteiger partial charge is 0.178 e. The van der Waals surface area contributed by atoms with E-state index in [0.717, 1.165) is 62.0 Å². The summed E-state index contributed by atoms with van der Waals surface area (Å²) in [5.74, 6) is 6.76. The number of methoxy groups -OCH3 is 1. The molecule has 5 rings (SSSR count). The first-order chi connectivity index (χ1) is 18.8. The number of nitrogens with one attached hydrogen (secondary N) is 2. The third kappa shape index (κ3) is 6.51. The number of thiophene rings is 1. The normalized spacial score (nSPS) is 16.6. The minimum atomic E-state index is -3.70. The Hall–Kier alpha value is -2.80. The van der Waals surface area contributed by atoms with Crippen LogP contribution in [0.1, 0.15) is 43.0 Å². The van der Waals surface area contributed by atoms with Gasteiger partial charge in [0.2, 0.25) is 0 Å². The molecule has 1 saturated carbocycles. The summed E-state index contributed by atoms with van der Waals surface area (Å²) in [6.07, 6.45) is 6.87. The van der Waals surface area contributed by atoms with Gasteiger partial charge in [0.05, 0.1) is 34.6 Å². The molecular formula is C30H36FN3O3S2. The number of piperidine rings is 1. The van der Waals surface area contributed by atoms with Gasteiger partial charge in [-0.3, -0.25) is 0 Å². The molecule has 2 fully saturated rings. The van der Waals surface area contributed by atoms with Gasteiger partial charge in [-0.25, -0.2) is 12.8 Å². The van der Waals surface area contributed by atoms with Gasteiger partial charge in [0.1, 0.15) is 16.5 Å². The Morgan fingerprint density at radius 2 is 1.92 bits per heavy atom. The van der Waals surface area contributed by atoms with Crippen LogP contribution in [0.5, 0.6) is 5.75 Å². The molecule has 2 heterocycles. The molecule has 3 aromatic rings. The van der Waals surface area contributed by atoms with Crippen molar-refractivity contribution in [3.05, 3.63) is 46.6 Å². The van der Waals surface area contributed by atoms with E-state index >= 15 is 0 Å². The number of hydrogen-bond donors (Lipinski definition) is 2. The fourth-order valence-electron chi connectivity index (χ4n) is 5.20. The molecule has 1 aromatic heterocycles. The minimum absolute atomic E-state index is 0.260. The van der Waals surface area contributed by atoms with Crippen molar-refractivity contribution < 1.29 is 17.5 Å². The third-order valence-corrected chi connectivity index (χ3v) is 9.93. The monoisotopic (exact) mass is 569 g/mol. The maximum Gasteiger partial charge on any atom is 0.178 e. The number of anilines is 2. The van der Waals surface area contributed by atoms with Crippen LogP contribution in [0.3, 0.4) is 0 Å². The second-order valence-electron chi connectivity index (χ2n) is 10.5. The average Bonchev–Trinajstić information content (AvgIpc) is 3.67. The van der Waals surface area contributed by atoms with Crippen molar-refractivity contribution >= 4 is 42.6 Å². The summed E-state index contributed by atoms with van der Waals surface area (Å²) in [6.45, 7) is 5.88. The second kappa shape index (κ2) is 11.7. The van der Waals surface area contributed by atoms with Crippen molar-refractivity contribution in [2.45, 2.75) is 50.0 Å². The van der Waals surface area contributed by atoms with E-state index in [4.69, 9.17) is 4.74 Å². The Kier molecular flexibility index (Phi) is 8.36. The fraction of sp³-hybridized carbons (Fsp3) is 0.467. The van der Waals surface area contributed by atoms with Crippen molar-refractivity contribution in [2.24, 2.45) is 5.92 Å². The highest BCUT2D eigenvalue weighted by molar-refractivity contribution is 7.90. The third-order valence-electron chi connectivity index (χ3n) is 7.63. The van der Waals surface area contributed by atoms with Crippen molar-refractivity contribution in [1.82, 2.24) is 4.90 Å². The molecule has 0 atom stereocenters. The topological polar surface area (TPSA) is 70.7 Å². The van der Waals surface area contributed by atoms with Gasteiger partial charge in [-0.05, 0) is 61.6 Å². The number of likely N-dealkylation sites (tertiary alicyclic amines) is 1. The summed E-state index contributed by atoms with van der Waals surface area (Å²) in [5, 5.41) is 8.21. The highest BCUT2D eigenvalue weighted by Crippen LogP contribution is 2.41.